The number of carbonyl (C=O) groups excluding carboxylic acids is 2. The SMILES string of the molecule is Cc1cc(C)c(NC(=O)C2CC2C(=O)NC(C)(C)C)c(Cl)c1. The van der Waals surface area contributed by atoms with Gasteiger partial charge >= 0.3 is 0 Å². The standard InChI is InChI=1S/C17H23ClN2O2/c1-9-6-10(2)14(13(18)7-9)19-15(21)11-8-12(11)16(22)20-17(3,4)5/h6-7,11-12H,8H2,1-5H3,(H,19,21)(H,20,22). The Morgan fingerprint density at radius 3 is 2.27 bits per heavy atom. The Hall–Kier alpha value is -1.55. The van der Waals surface area contributed by atoms with Crippen LogP contribution in [0.2, 0.25) is 5.02 Å². The molecule has 1 aromatic rings. The molecule has 1 saturated carbocycles. The van der Waals surface area contributed by atoms with Crippen LogP contribution in [-0.2, 0) is 9.59 Å². The Bertz CT molecular complexity index is 597. The van der Waals surface area contributed by atoms with Gasteiger partial charge in [-0.25, -0.2) is 0 Å². The second kappa shape index (κ2) is 5.92. The summed E-state index contributed by atoms with van der Waals surface area (Å²) in [6.07, 6.45) is 0.594. The van der Waals surface area contributed by atoms with E-state index in [0.29, 0.717) is 17.1 Å². The maximum absolute atomic E-state index is 12.3. The van der Waals surface area contributed by atoms with Crippen LogP contribution in [0.5, 0.6) is 0 Å². The third-order valence-electron chi connectivity index (χ3n) is 3.64. The first-order chi connectivity index (χ1) is 10.1. The van der Waals surface area contributed by atoms with Crippen LogP contribution in [0.3, 0.4) is 0 Å². The topological polar surface area (TPSA) is 58.2 Å². The third kappa shape index (κ3) is 4.01. The van der Waals surface area contributed by atoms with E-state index in [4.69, 9.17) is 11.6 Å². The molecule has 0 heterocycles. The van der Waals surface area contributed by atoms with Gasteiger partial charge in [0.15, 0.2) is 0 Å². The molecule has 1 fully saturated rings. The van der Waals surface area contributed by atoms with Crippen LogP contribution >= 0.6 is 11.6 Å². The number of halogens is 1. The van der Waals surface area contributed by atoms with Crippen molar-refractivity contribution in [2.75, 3.05) is 5.32 Å². The molecule has 2 N–H and O–H groups in total. The molecule has 1 aromatic carbocycles. The first kappa shape index (κ1) is 16.8. The largest absolute Gasteiger partial charge is 0.351 e. The lowest BCUT2D eigenvalue weighted by Gasteiger charge is -2.20. The number of hydrogen-bond acceptors (Lipinski definition) is 2. The Kier molecular flexibility index (Phi) is 4.52. The normalized spacial score (nSPS) is 20.5. The molecular weight excluding hydrogens is 300 g/mol. The number of amides is 2. The van der Waals surface area contributed by atoms with Crippen LogP contribution in [0.15, 0.2) is 12.1 Å². The van der Waals surface area contributed by atoms with E-state index < -0.39 is 0 Å². The van der Waals surface area contributed by atoms with E-state index in [0.717, 1.165) is 11.1 Å². The molecule has 2 unspecified atom stereocenters. The lowest BCUT2D eigenvalue weighted by molar-refractivity contribution is -0.126. The zero-order valence-corrected chi connectivity index (χ0v) is 14.5. The molecular formula is C17H23ClN2O2. The van der Waals surface area contributed by atoms with Gasteiger partial charge in [-0.15, -0.1) is 0 Å². The zero-order chi connectivity index (χ0) is 16.7. The van der Waals surface area contributed by atoms with Crippen LogP contribution < -0.4 is 10.6 Å². The minimum absolute atomic E-state index is 0.0561. The van der Waals surface area contributed by atoms with Gasteiger partial charge in [0, 0.05) is 5.54 Å². The summed E-state index contributed by atoms with van der Waals surface area (Å²) < 4.78 is 0. The van der Waals surface area contributed by atoms with Crippen molar-refractivity contribution in [1.82, 2.24) is 5.32 Å². The molecule has 0 saturated heterocycles. The van der Waals surface area contributed by atoms with Crippen LogP contribution in [0.25, 0.3) is 0 Å². The second-order valence-electron chi connectivity index (χ2n) is 7.12. The highest BCUT2D eigenvalue weighted by Gasteiger charge is 2.48. The van der Waals surface area contributed by atoms with E-state index in [1.165, 1.54) is 0 Å². The summed E-state index contributed by atoms with van der Waals surface area (Å²) in [6, 6.07) is 3.79. The molecule has 1 aliphatic rings. The molecule has 2 rings (SSSR count). The fourth-order valence-electron chi connectivity index (χ4n) is 2.53. The summed E-state index contributed by atoms with van der Waals surface area (Å²) in [5.74, 6) is -0.690. The van der Waals surface area contributed by atoms with Crippen molar-refractivity contribution in [3.05, 3.63) is 28.3 Å². The smallest absolute Gasteiger partial charge is 0.228 e. The number of rotatable bonds is 3. The highest BCUT2D eigenvalue weighted by Crippen LogP contribution is 2.40. The summed E-state index contributed by atoms with van der Waals surface area (Å²) in [4.78, 5) is 24.3. The fourth-order valence-corrected chi connectivity index (χ4v) is 2.90. The number of benzene rings is 1. The van der Waals surface area contributed by atoms with Gasteiger partial charge in [0.1, 0.15) is 0 Å². The van der Waals surface area contributed by atoms with Crippen molar-refractivity contribution < 1.29 is 9.59 Å². The predicted molar refractivity (Wildman–Crippen MR) is 89.0 cm³/mol. The minimum atomic E-state index is -0.280. The molecule has 0 spiro atoms. The van der Waals surface area contributed by atoms with E-state index in [1.807, 2.05) is 46.8 Å². The molecule has 1 aliphatic carbocycles. The zero-order valence-electron chi connectivity index (χ0n) is 13.7. The molecule has 2 atom stereocenters. The molecule has 0 aliphatic heterocycles. The van der Waals surface area contributed by atoms with E-state index in [2.05, 4.69) is 10.6 Å². The summed E-state index contributed by atoms with van der Waals surface area (Å²) in [6.45, 7) is 9.65. The van der Waals surface area contributed by atoms with Gasteiger partial charge in [-0.3, -0.25) is 9.59 Å². The minimum Gasteiger partial charge on any atom is -0.351 e. The van der Waals surface area contributed by atoms with Crippen molar-refractivity contribution in [2.45, 2.75) is 46.6 Å². The van der Waals surface area contributed by atoms with Crippen LogP contribution in [0.1, 0.15) is 38.3 Å². The number of anilines is 1. The van der Waals surface area contributed by atoms with Gasteiger partial charge in [-0.2, -0.15) is 0 Å². The highest BCUT2D eigenvalue weighted by atomic mass is 35.5. The fraction of sp³-hybridized carbons (Fsp3) is 0.529. The third-order valence-corrected chi connectivity index (χ3v) is 3.94. The summed E-state index contributed by atoms with van der Waals surface area (Å²) in [5.41, 5.74) is 2.33. The Morgan fingerprint density at radius 2 is 1.73 bits per heavy atom. The number of carbonyl (C=O) groups is 2. The number of aryl methyl sites for hydroxylation is 2. The highest BCUT2D eigenvalue weighted by molar-refractivity contribution is 6.34. The second-order valence-corrected chi connectivity index (χ2v) is 7.52. The summed E-state index contributed by atoms with van der Waals surface area (Å²) >= 11 is 6.20. The van der Waals surface area contributed by atoms with E-state index in [9.17, 15) is 9.59 Å². The molecule has 0 bridgehead atoms. The van der Waals surface area contributed by atoms with Gasteiger partial charge in [0.25, 0.3) is 0 Å². The van der Waals surface area contributed by atoms with E-state index in [1.54, 1.807) is 0 Å². The molecule has 22 heavy (non-hydrogen) atoms. The molecule has 2 amide bonds. The Balaban J connectivity index is 2.00. The maximum atomic E-state index is 12.3. The van der Waals surface area contributed by atoms with Crippen molar-refractivity contribution in [3.63, 3.8) is 0 Å². The number of nitrogens with one attached hydrogen (secondary N) is 2. The van der Waals surface area contributed by atoms with Crippen molar-refractivity contribution in [2.24, 2.45) is 11.8 Å². The monoisotopic (exact) mass is 322 g/mol. The Labute approximate surface area is 136 Å². The predicted octanol–water partition coefficient (Wildman–Crippen LogP) is 3.45. The maximum Gasteiger partial charge on any atom is 0.228 e. The van der Waals surface area contributed by atoms with Gasteiger partial charge < -0.3 is 10.6 Å². The summed E-state index contributed by atoms with van der Waals surface area (Å²) in [7, 11) is 0. The lowest BCUT2D eigenvalue weighted by Crippen LogP contribution is -2.42. The van der Waals surface area contributed by atoms with Crippen molar-refractivity contribution >= 4 is 29.1 Å². The van der Waals surface area contributed by atoms with Gasteiger partial charge in [-0.05, 0) is 58.2 Å². The first-order valence-corrected chi connectivity index (χ1v) is 7.86. The average Bonchev–Trinajstić information content (AvgIpc) is 3.11. The van der Waals surface area contributed by atoms with E-state index in [-0.39, 0.29) is 29.2 Å². The molecule has 0 radical (unpaired) electrons. The van der Waals surface area contributed by atoms with Crippen LogP contribution in [0.4, 0.5) is 5.69 Å². The number of hydrogen-bond donors (Lipinski definition) is 2. The van der Waals surface area contributed by atoms with Crippen LogP contribution in [0, 0.1) is 25.7 Å². The summed E-state index contributed by atoms with van der Waals surface area (Å²) in [5, 5.41) is 6.31. The van der Waals surface area contributed by atoms with Crippen LogP contribution in [-0.4, -0.2) is 17.4 Å². The molecule has 120 valence electrons. The Morgan fingerprint density at radius 1 is 1.14 bits per heavy atom. The molecule has 0 aromatic heterocycles. The molecule has 4 nitrogen and oxygen atoms in total. The quantitative estimate of drug-likeness (QED) is 0.895. The molecule has 5 heteroatoms. The van der Waals surface area contributed by atoms with Gasteiger partial charge in [-0.1, -0.05) is 17.7 Å². The van der Waals surface area contributed by atoms with E-state index >= 15 is 0 Å². The van der Waals surface area contributed by atoms with Gasteiger partial charge in [0.05, 0.1) is 22.5 Å². The van der Waals surface area contributed by atoms with Crippen molar-refractivity contribution in [3.8, 4) is 0 Å². The first-order valence-electron chi connectivity index (χ1n) is 7.48. The van der Waals surface area contributed by atoms with Crippen molar-refractivity contribution in [1.29, 1.82) is 0 Å². The lowest BCUT2D eigenvalue weighted by atomic mass is 10.1. The van der Waals surface area contributed by atoms with Gasteiger partial charge in [0.2, 0.25) is 11.8 Å². The average molecular weight is 323 g/mol.